The first-order chi connectivity index (χ1) is 10.0. The van der Waals surface area contributed by atoms with Crippen molar-refractivity contribution in [3.8, 4) is 0 Å². The third kappa shape index (κ3) is 5.69. The fraction of sp³-hybridized carbons (Fsp3) is 0.273. The summed E-state index contributed by atoms with van der Waals surface area (Å²) in [7, 11) is -4.42. The molecule has 0 bridgehead atoms. The van der Waals surface area contributed by atoms with Crippen molar-refractivity contribution in [2.45, 2.75) is 18.0 Å². The highest BCUT2D eigenvalue weighted by Gasteiger charge is 2.30. The van der Waals surface area contributed by atoms with Gasteiger partial charge in [-0.1, -0.05) is 6.07 Å². The number of sulfonamides is 1. The number of rotatable bonds is 4. The number of carbonyl (C=O) groups excluding carboxylic acids is 2. The van der Waals surface area contributed by atoms with Gasteiger partial charge in [0.05, 0.1) is 4.90 Å². The van der Waals surface area contributed by atoms with Crippen LogP contribution in [0.4, 0.5) is 13.2 Å². The van der Waals surface area contributed by atoms with Crippen LogP contribution in [0.15, 0.2) is 29.2 Å². The third-order valence-electron chi connectivity index (χ3n) is 2.22. The van der Waals surface area contributed by atoms with Crippen LogP contribution < -0.4 is 15.6 Å². The van der Waals surface area contributed by atoms with Crippen molar-refractivity contribution in [2.24, 2.45) is 0 Å². The van der Waals surface area contributed by atoms with E-state index in [4.69, 9.17) is 0 Å². The second-order valence-corrected chi connectivity index (χ2v) is 5.87. The minimum Gasteiger partial charge on any atom is -0.274 e. The highest BCUT2D eigenvalue weighted by Crippen LogP contribution is 2.16. The molecule has 122 valence electrons. The van der Waals surface area contributed by atoms with Crippen molar-refractivity contribution >= 4 is 21.8 Å². The monoisotopic (exact) mass is 339 g/mol. The van der Waals surface area contributed by atoms with Crippen LogP contribution in [0.1, 0.15) is 17.3 Å². The fourth-order valence-corrected chi connectivity index (χ4v) is 2.34. The molecule has 7 nitrogen and oxygen atoms in total. The number of hydrogen-bond donors (Lipinski definition) is 3. The van der Waals surface area contributed by atoms with E-state index in [-0.39, 0.29) is 5.56 Å². The Morgan fingerprint density at radius 2 is 1.82 bits per heavy atom. The normalized spacial score (nSPS) is 11.8. The van der Waals surface area contributed by atoms with Gasteiger partial charge < -0.3 is 0 Å². The van der Waals surface area contributed by atoms with E-state index in [1.165, 1.54) is 16.9 Å². The summed E-state index contributed by atoms with van der Waals surface area (Å²) < 4.78 is 61.0. The van der Waals surface area contributed by atoms with E-state index in [2.05, 4.69) is 0 Å². The molecular weight excluding hydrogens is 327 g/mol. The average molecular weight is 339 g/mol. The second-order valence-electron chi connectivity index (χ2n) is 4.10. The number of carbonyl (C=O) groups is 2. The highest BCUT2D eigenvalue weighted by atomic mass is 32.2. The first-order valence-corrected chi connectivity index (χ1v) is 7.23. The van der Waals surface area contributed by atoms with Gasteiger partial charge in [0.25, 0.3) is 5.91 Å². The van der Waals surface area contributed by atoms with Crippen LogP contribution in [0, 0.1) is 0 Å². The maximum absolute atomic E-state index is 12.1. The van der Waals surface area contributed by atoms with E-state index >= 15 is 0 Å². The summed E-state index contributed by atoms with van der Waals surface area (Å²) in [6.07, 6.45) is -4.70. The van der Waals surface area contributed by atoms with Crippen molar-refractivity contribution in [2.75, 3.05) is 6.54 Å². The smallest absolute Gasteiger partial charge is 0.274 e. The number of alkyl halides is 3. The fourth-order valence-electron chi connectivity index (χ4n) is 1.28. The minimum atomic E-state index is -4.70. The van der Waals surface area contributed by atoms with E-state index in [0.29, 0.717) is 0 Å². The summed E-state index contributed by atoms with van der Waals surface area (Å²) in [6, 6.07) is 4.34. The predicted molar refractivity (Wildman–Crippen MR) is 69.0 cm³/mol. The first-order valence-electron chi connectivity index (χ1n) is 5.75. The number of nitrogens with one attached hydrogen (secondary N) is 3. The zero-order valence-corrected chi connectivity index (χ0v) is 12.0. The highest BCUT2D eigenvalue weighted by molar-refractivity contribution is 7.89. The molecule has 0 unspecified atom stereocenters. The lowest BCUT2D eigenvalue weighted by Crippen LogP contribution is -2.40. The molecule has 1 aromatic carbocycles. The summed E-state index contributed by atoms with van der Waals surface area (Å²) in [4.78, 5) is 21.8. The van der Waals surface area contributed by atoms with Gasteiger partial charge in [-0.25, -0.2) is 13.1 Å². The van der Waals surface area contributed by atoms with Crippen LogP contribution in [0.2, 0.25) is 0 Å². The van der Waals surface area contributed by atoms with E-state index in [9.17, 15) is 31.2 Å². The predicted octanol–water partition coefficient (Wildman–Crippen LogP) is 0.308. The number of hydrogen-bond acceptors (Lipinski definition) is 4. The van der Waals surface area contributed by atoms with Gasteiger partial charge in [0, 0.05) is 12.5 Å². The van der Waals surface area contributed by atoms with Gasteiger partial charge in [-0.2, -0.15) is 13.2 Å². The Labute approximate surface area is 123 Å². The molecule has 0 heterocycles. The number of amides is 2. The molecule has 0 fully saturated rings. The molecule has 22 heavy (non-hydrogen) atoms. The molecule has 0 saturated heterocycles. The van der Waals surface area contributed by atoms with E-state index in [1.807, 2.05) is 10.9 Å². The molecule has 11 heteroatoms. The maximum Gasteiger partial charge on any atom is 0.402 e. The standard InChI is InChI=1S/C11H12F3N3O4S/c1-7(18)16-17-10(19)8-3-2-4-9(5-8)22(20,21)15-6-11(12,13)14/h2-5,15H,6H2,1H3,(H,16,18)(H,17,19). The Balaban J connectivity index is 2.91. The van der Waals surface area contributed by atoms with Crippen molar-refractivity contribution < 1.29 is 31.2 Å². The van der Waals surface area contributed by atoms with Gasteiger partial charge in [-0.3, -0.25) is 20.4 Å². The summed E-state index contributed by atoms with van der Waals surface area (Å²) in [5.41, 5.74) is 3.84. The lowest BCUT2D eigenvalue weighted by Gasteiger charge is -2.10. The Bertz CT molecular complexity index is 673. The summed E-state index contributed by atoms with van der Waals surface area (Å²) in [5, 5.41) is 0. The maximum atomic E-state index is 12.1. The van der Waals surface area contributed by atoms with Crippen LogP contribution in [0.5, 0.6) is 0 Å². The molecule has 0 aliphatic rings. The molecule has 0 saturated carbocycles. The first kappa shape index (κ1) is 17.9. The average Bonchev–Trinajstić information content (AvgIpc) is 2.42. The van der Waals surface area contributed by atoms with Crippen molar-refractivity contribution in [1.29, 1.82) is 0 Å². The largest absolute Gasteiger partial charge is 0.402 e. The van der Waals surface area contributed by atoms with Gasteiger partial charge in [0.15, 0.2) is 0 Å². The molecule has 0 atom stereocenters. The molecule has 1 aromatic rings. The molecule has 0 aromatic heterocycles. The van der Waals surface area contributed by atoms with Crippen LogP contribution in [-0.4, -0.2) is 33.0 Å². The summed E-state index contributed by atoms with van der Waals surface area (Å²) in [6.45, 7) is -0.583. The Kier molecular flexibility index (Phi) is 5.49. The summed E-state index contributed by atoms with van der Waals surface area (Å²) >= 11 is 0. The van der Waals surface area contributed by atoms with Crippen LogP contribution in [0.25, 0.3) is 0 Å². The minimum absolute atomic E-state index is 0.149. The van der Waals surface area contributed by atoms with Crippen molar-refractivity contribution in [1.82, 2.24) is 15.6 Å². The molecule has 0 spiro atoms. The Morgan fingerprint density at radius 1 is 1.18 bits per heavy atom. The van der Waals surface area contributed by atoms with Crippen LogP contribution in [0.3, 0.4) is 0 Å². The zero-order chi connectivity index (χ0) is 17.0. The van der Waals surface area contributed by atoms with Crippen LogP contribution >= 0.6 is 0 Å². The van der Waals surface area contributed by atoms with E-state index in [1.54, 1.807) is 0 Å². The SMILES string of the molecule is CC(=O)NNC(=O)c1cccc(S(=O)(=O)NCC(F)(F)F)c1. The van der Waals surface area contributed by atoms with Gasteiger partial charge in [-0.05, 0) is 18.2 Å². The second kappa shape index (κ2) is 6.75. The number of benzene rings is 1. The van der Waals surface area contributed by atoms with Crippen molar-refractivity contribution in [3.05, 3.63) is 29.8 Å². The molecule has 0 radical (unpaired) electrons. The van der Waals surface area contributed by atoms with E-state index < -0.39 is 39.5 Å². The molecular formula is C11H12F3N3O4S. The molecule has 2 amide bonds. The lowest BCUT2D eigenvalue weighted by atomic mass is 10.2. The number of halogens is 3. The van der Waals surface area contributed by atoms with Gasteiger partial charge in [0.1, 0.15) is 6.54 Å². The zero-order valence-electron chi connectivity index (χ0n) is 11.2. The summed E-state index contributed by atoms with van der Waals surface area (Å²) in [5.74, 6) is -1.37. The Hall–Kier alpha value is -2.14. The van der Waals surface area contributed by atoms with Crippen LogP contribution in [-0.2, 0) is 14.8 Å². The van der Waals surface area contributed by atoms with Gasteiger partial charge in [0.2, 0.25) is 15.9 Å². The quantitative estimate of drug-likeness (QED) is 0.687. The third-order valence-corrected chi connectivity index (χ3v) is 3.62. The number of hydrazine groups is 1. The molecule has 0 aliphatic carbocycles. The molecule has 3 N–H and O–H groups in total. The lowest BCUT2D eigenvalue weighted by molar-refractivity contribution is -0.121. The van der Waals surface area contributed by atoms with Gasteiger partial charge in [-0.15, -0.1) is 0 Å². The van der Waals surface area contributed by atoms with Crippen molar-refractivity contribution in [3.63, 3.8) is 0 Å². The van der Waals surface area contributed by atoms with Gasteiger partial charge >= 0.3 is 6.18 Å². The molecule has 1 rings (SSSR count). The Morgan fingerprint density at radius 3 is 2.36 bits per heavy atom. The topological polar surface area (TPSA) is 104 Å². The van der Waals surface area contributed by atoms with E-state index in [0.717, 1.165) is 19.1 Å². The molecule has 0 aliphatic heterocycles.